The average molecular weight is 254 g/mol. The lowest BCUT2D eigenvalue weighted by atomic mass is 10.2. The summed E-state index contributed by atoms with van der Waals surface area (Å²) in [7, 11) is 0. The topological polar surface area (TPSA) is 58.6 Å². The van der Waals surface area contributed by atoms with Crippen LogP contribution in [-0.4, -0.2) is 41.6 Å². The third-order valence-corrected chi connectivity index (χ3v) is 3.13. The van der Waals surface area contributed by atoms with E-state index < -0.39 is 5.60 Å². The molecule has 0 aromatic rings. The lowest BCUT2D eigenvalue weighted by Crippen LogP contribution is -2.40. The van der Waals surface area contributed by atoms with E-state index in [0.29, 0.717) is 13.1 Å². The van der Waals surface area contributed by atoms with Crippen LogP contribution in [0.5, 0.6) is 0 Å². The molecule has 5 heteroatoms. The molecular weight excluding hydrogens is 232 g/mol. The standard InChI is InChI=1S/C13H22N2O3/c1-13(2,3)18-12(17)15-7-6-10(8-15)14-11(16)9-4-5-9/h9-10H,4-8H2,1-3H3,(H,14,16)/t10-/m1/s1. The maximum Gasteiger partial charge on any atom is 0.410 e. The van der Waals surface area contributed by atoms with Crippen LogP contribution in [0.4, 0.5) is 4.79 Å². The molecule has 2 amide bonds. The van der Waals surface area contributed by atoms with Gasteiger partial charge in [0.1, 0.15) is 5.60 Å². The van der Waals surface area contributed by atoms with Gasteiger partial charge < -0.3 is 15.0 Å². The second-order valence-electron chi connectivity index (χ2n) is 6.19. The molecule has 0 unspecified atom stereocenters. The van der Waals surface area contributed by atoms with Gasteiger partial charge in [-0.25, -0.2) is 4.79 Å². The third kappa shape index (κ3) is 3.62. The van der Waals surface area contributed by atoms with Crippen molar-refractivity contribution in [2.24, 2.45) is 5.92 Å². The summed E-state index contributed by atoms with van der Waals surface area (Å²) in [5.74, 6) is 0.367. The zero-order chi connectivity index (χ0) is 13.3. The fourth-order valence-electron chi connectivity index (χ4n) is 2.03. The molecule has 102 valence electrons. The molecular formula is C13H22N2O3. The summed E-state index contributed by atoms with van der Waals surface area (Å²) >= 11 is 0. The summed E-state index contributed by atoms with van der Waals surface area (Å²) in [6.45, 7) is 6.78. The molecule has 0 bridgehead atoms. The van der Waals surface area contributed by atoms with Crippen LogP contribution < -0.4 is 5.32 Å². The van der Waals surface area contributed by atoms with Gasteiger partial charge in [0, 0.05) is 25.0 Å². The van der Waals surface area contributed by atoms with E-state index in [0.717, 1.165) is 19.3 Å². The fraction of sp³-hybridized carbons (Fsp3) is 0.846. The van der Waals surface area contributed by atoms with Gasteiger partial charge in [0.2, 0.25) is 5.91 Å². The average Bonchev–Trinajstić information content (AvgIpc) is 2.97. The first kappa shape index (κ1) is 13.2. The molecule has 0 radical (unpaired) electrons. The summed E-state index contributed by atoms with van der Waals surface area (Å²) in [6.07, 6.45) is 2.55. The van der Waals surface area contributed by atoms with E-state index in [9.17, 15) is 9.59 Å². The first-order valence-electron chi connectivity index (χ1n) is 6.63. The van der Waals surface area contributed by atoms with Gasteiger partial charge in [-0.2, -0.15) is 0 Å². The number of hydrogen-bond donors (Lipinski definition) is 1. The Morgan fingerprint density at radius 2 is 1.89 bits per heavy atom. The Morgan fingerprint density at radius 3 is 2.44 bits per heavy atom. The van der Waals surface area contributed by atoms with Gasteiger partial charge in [-0.05, 0) is 40.0 Å². The summed E-state index contributed by atoms with van der Waals surface area (Å²) in [6, 6.07) is 0.0885. The van der Waals surface area contributed by atoms with Crippen LogP contribution in [-0.2, 0) is 9.53 Å². The highest BCUT2D eigenvalue weighted by Crippen LogP contribution is 2.29. The van der Waals surface area contributed by atoms with Crippen molar-refractivity contribution in [1.82, 2.24) is 10.2 Å². The number of carbonyl (C=O) groups excluding carboxylic acids is 2. The second kappa shape index (κ2) is 4.78. The Hall–Kier alpha value is -1.26. The van der Waals surface area contributed by atoms with Crippen molar-refractivity contribution < 1.29 is 14.3 Å². The molecule has 1 N–H and O–H groups in total. The van der Waals surface area contributed by atoms with E-state index in [4.69, 9.17) is 4.74 Å². The zero-order valence-electron chi connectivity index (χ0n) is 11.4. The van der Waals surface area contributed by atoms with Crippen LogP contribution in [0.3, 0.4) is 0 Å². The van der Waals surface area contributed by atoms with Crippen LogP contribution in [0.15, 0.2) is 0 Å². The molecule has 1 heterocycles. The van der Waals surface area contributed by atoms with Gasteiger partial charge >= 0.3 is 6.09 Å². The predicted molar refractivity (Wildman–Crippen MR) is 67.1 cm³/mol. The molecule has 0 aromatic carbocycles. The number of rotatable bonds is 2. The lowest BCUT2D eigenvalue weighted by Gasteiger charge is -2.24. The molecule has 2 aliphatic rings. The van der Waals surface area contributed by atoms with Crippen molar-refractivity contribution in [3.8, 4) is 0 Å². The Kier molecular flexibility index (Phi) is 3.50. The highest BCUT2D eigenvalue weighted by molar-refractivity contribution is 5.81. The Bertz CT molecular complexity index is 345. The summed E-state index contributed by atoms with van der Waals surface area (Å²) in [5.41, 5.74) is -0.466. The number of hydrogen-bond acceptors (Lipinski definition) is 3. The maximum absolute atomic E-state index is 11.8. The molecule has 18 heavy (non-hydrogen) atoms. The number of ether oxygens (including phenoxy) is 1. The van der Waals surface area contributed by atoms with Crippen LogP contribution in [0.2, 0.25) is 0 Å². The molecule has 1 saturated carbocycles. The number of amides is 2. The summed E-state index contributed by atoms with van der Waals surface area (Å²) in [5, 5.41) is 3.00. The number of carbonyl (C=O) groups is 2. The minimum absolute atomic E-state index is 0.0885. The van der Waals surface area contributed by atoms with Crippen molar-refractivity contribution in [3.63, 3.8) is 0 Å². The van der Waals surface area contributed by atoms with E-state index >= 15 is 0 Å². The highest BCUT2D eigenvalue weighted by atomic mass is 16.6. The van der Waals surface area contributed by atoms with Gasteiger partial charge in [-0.15, -0.1) is 0 Å². The molecule has 2 fully saturated rings. The van der Waals surface area contributed by atoms with Gasteiger partial charge in [-0.1, -0.05) is 0 Å². The maximum atomic E-state index is 11.8. The van der Waals surface area contributed by atoms with E-state index in [1.165, 1.54) is 0 Å². The van der Waals surface area contributed by atoms with Crippen molar-refractivity contribution in [1.29, 1.82) is 0 Å². The molecule has 1 aliphatic carbocycles. The Morgan fingerprint density at radius 1 is 1.22 bits per heavy atom. The van der Waals surface area contributed by atoms with Crippen LogP contribution >= 0.6 is 0 Å². The quantitative estimate of drug-likeness (QED) is 0.813. The van der Waals surface area contributed by atoms with Crippen molar-refractivity contribution >= 4 is 12.0 Å². The van der Waals surface area contributed by atoms with E-state index in [1.54, 1.807) is 4.90 Å². The van der Waals surface area contributed by atoms with Gasteiger partial charge in [0.05, 0.1) is 0 Å². The van der Waals surface area contributed by atoms with E-state index in [2.05, 4.69) is 5.32 Å². The van der Waals surface area contributed by atoms with Gasteiger partial charge in [-0.3, -0.25) is 4.79 Å². The zero-order valence-corrected chi connectivity index (χ0v) is 11.4. The van der Waals surface area contributed by atoms with E-state index in [1.807, 2.05) is 20.8 Å². The van der Waals surface area contributed by atoms with Gasteiger partial charge in [0.25, 0.3) is 0 Å². The normalized spacial score (nSPS) is 23.9. The first-order valence-corrected chi connectivity index (χ1v) is 6.63. The molecule has 0 aromatic heterocycles. The molecule has 0 spiro atoms. The molecule has 1 atom stereocenters. The Balaban J connectivity index is 1.77. The first-order chi connectivity index (χ1) is 8.35. The number of nitrogens with one attached hydrogen (secondary N) is 1. The summed E-state index contributed by atoms with van der Waals surface area (Å²) in [4.78, 5) is 25.1. The smallest absolute Gasteiger partial charge is 0.410 e. The van der Waals surface area contributed by atoms with Crippen molar-refractivity contribution in [3.05, 3.63) is 0 Å². The van der Waals surface area contributed by atoms with Crippen LogP contribution in [0.25, 0.3) is 0 Å². The minimum Gasteiger partial charge on any atom is -0.444 e. The van der Waals surface area contributed by atoms with Crippen molar-refractivity contribution in [2.45, 2.75) is 51.7 Å². The second-order valence-corrected chi connectivity index (χ2v) is 6.19. The fourth-order valence-corrected chi connectivity index (χ4v) is 2.03. The van der Waals surface area contributed by atoms with E-state index in [-0.39, 0.29) is 24.0 Å². The molecule has 1 saturated heterocycles. The number of likely N-dealkylation sites (tertiary alicyclic amines) is 1. The van der Waals surface area contributed by atoms with Crippen LogP contribution in [0.1, 0.15) is 40.0 Å². The van der Waals surface area contributed by atoms with Crippen LogP contribution in [0, 0.1) is 5.92 Å². The molecule has 5 nitrogen and oxygen atoms in total. The highest BCUT2D eigenvalue weighted by Gasteiger charge is 2.34. The third-order valence-electron chi connectivity index (χ3n) is 3.13. The SMILES string of the molecule is CC(C)(C)OC(=O)N1CC[C@@H](NC(=O)C2CC2)C1. The minimum atomic E-state index is -0.466. The molecule has 2 rings (SSSR count). The lowest BCUT2D eigenvalue weighted by molar-refractivity contribution is -0.122. The summed E-state index contributed by atoms with van der Waals surface area (Å²) < 4.78 is 5.31. The predicted octanol–water partition coefficient (Wildman–Crippen LogP) is 1.52. The molecule has 1 aliphatic heterocycles. The van der Waals surface area contributed by atoms with Gasteiger partial charge in [0.15, 0.2) is 0 Å². The number of nitrogens with zero attached hydrogens (tertiary/aromatic N) is 1. The Labute approximate surface area is 108 Å². The van der Waals surface area contributed by atoms with Crippen molar-refractivity contribution in [2.75, 3.05) is 13.1 Å². The monoisotopic (exact) mass is 254 g/mol. The largest absolute Gasteiger partial charge is 0.444 e.